The lowest BCUT2D eigenvalue weighted by Crippen LogP contribution is -2.21. The van der Waals surface area contributed by atoms with Gasteiger partial charge in [0, 0.05) is 5.75 Å². The van der Waals surface area contributed by atoms with Crippen molar-refractivity contribution in [1.82, 2.24) is 0 Å². The van der Waals surface area contributed by atoms with Crippen LogP contribution in [0, 0.1) is 0 Å². The van der Waals surface area contributed by atoms with Crippen molar-refractivity contribution in [2.45, 2.75) is 11.4 Å². The Hall–Kier alpha value is -2.02. The van der Waals surface area contributed by atoms with Crippen molar-refractivity contribution in [3.8, 4) is 11.5 Å². The molecule has 0 radical (unpaired) electrons. The van der Waals surface area contributed by atoms with Gasteiger partial charge in [0.15, 0.2) is 0 Å². The molecule has 0 fully saturated rings. The average molecular weight is 332 g/mol. The monoisotopic (exact) mass is 332 g/mol. The molecule has 0 aliphatic heterocycles. The van der Waals surface area contributed by atoms with Crippen LogP contribution in [0.4, 0.5) is 0 Å². The summed E-state index contributed by atoms with van der Waals surface area (Å²) in [6.07, 6.45) is -0.876. The quantitative estimate of drug-likeness (QED) is 0.682. The van der Waals surface area contributed by atoms with E-state index in [9.17, 15) is 20.1 Å². The average Bonchev–Trinajstić information content (AvgIpc) is 2.54. The zero-order valence-electron chi connectivity index (χ0n) is 12.1. The molecule has 0 saturated carbocycles. The standard InChI is InChI=1S/C17H16O5S/c18-7-9(19)8-23-17-10-3-1-5-12(20)14(10)16(22)15-11(17)4-2-6-13(15)21/h1-6,9,17-21H,7-8H2/t9-/m0/s1. The van der Waals surface area contributed by atoms with Crippen LogP contribution >= 0.6 is 11.8 Å². The molecular formula is C17H16O5S. The third-order valence-electron chi connectivity index (χ3n) is 3.83. The highest BCUT2D eigenvalue weighted by molar-refractivity contribution is 7.99. The number of ketones is 1. The Morgan fingerprint density at radius 3 is 2.00 bits per heavy atom. The number of thioether (sulfide) groups is 1. The highest BCUT2D eigenvalue weighted by atomic mass is 32.2. The predicted molar refractivity (Wildman–Crippen MR) is 87.0 cm³/mol. The van der Waals surface area contributed by atoms with Crippen LogP contribution < -0.4 is 0 Å². The van der Waals surface area contributed by atoms with Gasteiger partial charge in [-0.2, -0.15) is 0 Å². The van der Waals surface area contributed by atoms with Gasteiger partial charge in [-0.1, -0.05) is 24.3 Å². The molecule has 0 aromatic heterocycles. The molecule has 6 heteroatoms. The van der Waals surface area contributed by atoms with E-state index in [2.05, 4.69) is 0 Å². The lowest BCUT2D eigenvalue weighted by Gasteiger charge is -2.28. The van der Waals surface area contributed by atoms with E-state index in [1.54, 1.807) is 24.3 Å². The first kappa shape index (κ1) is 15.9. The van der Waals surface area contributed by atoms with Crippen LogP contribution in [-0.2, 0) is 0 Å². The number of phenols is 2. The van der Waals surface area contributed by atoms with E-state index in [4.69, 9.17) is 5.11 Å². The van der Waals surface area contributed by atoms with Crippen LogP contribution in [-0.4, -0.2) is 44.7 Å². The Bertz CT molecular complexity index is 703. The number of hydrogen-bond donors (Lipinski definition) is 4. The molecule has 0 heterocycles. The first-order valence-electron chi connectivity index (χ1n) is 7.13. The number of fused-ring (bicyclic) bond motifs is 2. The summed E-state index contributed by atoms with van der Waals surface area (Å²) in [5.41, 5.74) is 1.64. The van der Waals surface area contributed by atoms with E-state index in [1.165, 1.54) is 23.9 Å². The minimum atomic E-state index is -0.876. The van der Waals surface area contributed by atoms with Gasteiger partial charge in [-0.15, -0.1) is 11.8 Å². The highest BCUT2D eigenvalue weighted by Gasteiger charge is 2.35. The van der Waals surface area contributed by atoms with Crippen LogP contribution in [0.15, 0.2) is 36.4 Å². The van der Waals surface area contributed by atoms with Crippen molar-refractivity contribution >= 4 is 17.5 Å². The molecule has 0 amide bonds. The second-order valence-electron chi connectivity index (χ2n) is 5.36. The van der Waals surface area contributed by atoms with E-state index in [0.29, 0.717) is 11.1 Å². The molecule has 1 atom stereocenters. The minimum absolute atomic E-state index is 0.130. The predicted octanol–water partition coefficient (Wildman–Crippen LogP) is 1.82. The van der Waals surface area contributed by atoms with Gasteiger partial charge >= 0.3 is 0 Å². The summed E-state index contributed by atoms with van der Waals surface area (Å²) in [4.78, 5) is 12.7. The Balaban J connectivity index is 2.13. The SMILES string of the molecule is O=C1c2c(O)cccc2C(SC[C@@H](O)CO)c2cccc(O)c21. The summed E-state index contributed by atoms with van der Waals surface area (Å²) in [6.45, 7) is -0.349. The normalized spacial score (nSPS) is 15.1. The van der Waals surface area contributed by atoms with E-state index in [0.717, 1.165) is 0 Å². The lowest BCUT2D eigenvalue weighted by molar-refractivity contribution is 0.102. The molecule has 120 valence electrons. The molecule has 1 aliphatic rings. The number of carbonyl (C=O) groups is 1. The zero-order chi connectivity index (χ0) is 16.6. The van der Waals surface area contributed by atoms with Crippen LogP contribution in [0.3, 0.4) is 0 Å². The smallest absolute Gasteiger partial charge is 0.201 e. The number of hydrogen-bond acceptors (Lipinski definition) is 6. The summed E-state index contributed by atoms with van der Waals surface area (Å²) in [7, 11) is 0. The lowest BCUT2D eigenvalue weighted by atomic mass is 9.83. The second-order valence-corrected chi connectivity index (χ2v) is 6.50. The van der Waals surface area contributed by atoms with E-state index in [-0.39, 0.29) is 40.2 Å². The molecule has 2 aromatic carbocycles. The number of carbonyl (C=O) groups excluding carboxylic acids is 1. The van der Waals surface area contributed by atoms with E-state index in [1.807, 2.05) is 0 Å². The maximum atomic E-state index is 12.7. The van der Waals surface area contributed by atoms with E-state index < -0.39 is 11.9 Å². The molecule has 4 N–H and O–H groups in total. The number of phenolic OH excluding ortho intramolecular Hbond substituents is 2. The third-order valence-corrected chi connectivity index (χ3v) is 5.25. The molecular weight excluding hydrogens is 316 g/mol. The molecule has 2 aromatic rings. The second kappa shape index (κ2) is 6.23. The third kappa shape index (κ3) is 2.69. The van der Waals surface area contributed by atoms with Crippen molar-refractivity contribution in [2.75, 3.05) is 12.4 Å². The maximum Gasteiger partial charge on any atom is 0.201 e. The summed E-state index contributed by atoms with van der Waals surface area (Å²) >= 11 is 1.35. The Morgan fingerprint density at radius 1 is 1.00 bits per heavy atom. The van der Waals surface area contributed by atoms with Gasteiger partial charge in [-0.05, 0) is 23.3 Å². The van der Waals surface area contributed by atoms with Crippen molar-refractivity contribution < 1.29 is 25.2 Å². The summed E-state index contributed by atoms with van der Waals surface area (Å²) in [6, 6.07) is 9.69. The first-order valence-corrected chi connectivity index (χ1v) is 8.18. The van der Waals surface area contributed by atoms with Gasteiger partial charge in [0.2, 0.25) is 5.78 Å². The number of aromatic hydroxyl groups is 2. The van der Waals surface area contributed by atoms with Gasteiger partial charge in [-0.3, -0.25) is 4.79 Å². The van der Waals surface area contributed by atoms with Gasteiger partial charge in [0.25, 0.3) is 0 Å². The van der Waals surface area contributed by atoms with Gasteiger partial charge in [0.1, 0.15) is 11.5 Å². The number of rotatable bonds is 4. The minimum Gasteiger partial charge on any atom is -0.507 e. The first-order chi connectivity index (χ1) is 11.0. The molecule has 0 saturated heterocycles. The fourth-order valence-electron chi connectivity index (χ4n) is 2.78. The van der Waals surface area contributed by atoms with Crippen molar-refractivity contribution in [2.24, 2.45) is 0 Å². The summed E-state index contributed by atoms with van der Waals surface area (Å²) in [5, 5.41) is 38.4. The maximum absolute atomic E-state index is 12.7. The van der Waals surface area contributed by atoms with Crippen molar-refractivity contribution in [3.63, 3.8) is 0 Å². The van der Waals surface area contributed by atoms with Crippen LogP contribution in [0.1, 0.15) is 32.3 Å². The van der Waals surface area contributed by atoms with Crippen LogP contribution in [0.2, 0.25) is 0 Å². The van der Waals surface area contributed by atoms with Crippen molar-refractivity contribution in [3.05, 3.63) is 58.7 Å². The van der Waals surface area contributed by atoms with Crippen molar-refractivity contribution in [1.29, 1.82) is 0 Å². The highest BCUT2D eigenvalue weighted by Crippen LogP contribution is 2.47. The molecule has 5 nitrogen and oxygen atoms in total. The topological polar surface area (TPSA) is 98.0 Å². The number of aliphatic hydroxyl groups is 2. The summed E-state index contributed by atoms with van der Waals surface area (Å²) < 4.78 is 0. The molecule has 0 unspecified atom stereocenters. The Morgan fingerprint density at radius 2 is 1.52 bits per heavy atom. The Kier molecular flexibility index (Phi) is 4.30. The Labute approximate surface area is 137 Å². The van der Waals surface area contributed by atoms with Gasteiger partial charge < -0.3 is 20.4 Å². The van der Waals surface area contributed by atoms with Gasteiger partial charge in [0.05, 0.1) is 29.1 Å². The fraction of sp³-hybridized carbons (Fsp3) is 0.235. The largest absolute Gasteiger partial charge is 0.507 e. The molecule has 23 heavy (non-hydrogen) atoms. The van der Waals surface area contributed by atoms with Gasteiger partial charge in [-0.25, -0.2) is 0 Å². The fourth-order valence-corrected chi connectivity index (χ4v) is 4.05. The van der Waals surface area contributed by atoms with E-state index >= 15 is 0 Å². The molecule has 3 rings (SSSR count). The van der Waals surface area contributed by atoms with Crippen LogP contribution in [0.5, 0.6) is 11.5 Å². The van der Waals surface area contributed by atoms with Crippen LogP contribution in [0.25, 0.3) is 0 Å². The number of aliphatic hydroxyl groups excluding tert-OH is 2. The molecule has 1 aliphatic carbocycles. The summed E-state index contributed by atoms with van der Waals surface area (Å²) in [5.74, 6) is -0.408. The zero-order valence-corrected chi connectivity index (χ0v) is 13.0. The number of benzene rings is 2. The molecule has 0 bridgehead atoms. The molecule has 0 spiro atoms.